The first-order valence-corrected chi connectivity index (χ1v) is 11.5. The fraction of sp³-hybridized carbons (Fsp3) is 0.107. The zero-order valence-electron chi connectivity index (χ0n) is 19.7. The van der Waals surface area contributed by atoms with Crippen LogP contribution in [0.25, 0.3) is 55.4 Å². The Morgan fingerprint density at radius 1 is 0.833 bits per heavy atom. The highest BCUT2D eigenvalue weighted by Crippen LogP contribution is 2.37. The molecule has 2 aromatic carbocycles. The van der Waals surface area contributed by atoms with Gasteiger partial charge in [0, 0.05) is 47.2 Å². The van der Waals surface area contributed by atoms with Crippen molar-refractivity contribution < 1.29 is 8.78 Å². The van der Waals surface area contributed by atoms with Crippen LogP contribution in [0.2, 0.25) is 0 Å². The van der Waals surface area contributed by atoms with Crippen molar-refractivity contribution >= 4 is 21.8 Å². The van der Waals surface area contributed by atoms with E-state index in [2.05, 4.69) is 25.1 Å². The molecule has 6 nitrogen and oxygen atoms in total. The van der Waals surface area contributed by atoms with Gasteiger partial charge in [0.2, 0.25) is 0 Å². The van der Waals surface area contributed by atoms with Crippen molar-refractivity contribution in [3.63, 3.8) is 0 Å². The van der Waals surface area contributed by atoms with Crippen molar-refractivity contribution in [2.75, 3.05) is 14.1 Å². The van der Waals surface area contributed by atoms with Gasteiger partial charge in [-0.1, -0.05) is 12.1 Å². The van der Waals surface area contributed by atoms with E-state index in [4.69, 9.17) is 0 Å². The number of nitrogens with one attached hydrogen (secondary N) is 2. The average molecular weight is 481 g/mol. The summed E-state index contributed by atoms with van der Waals surface area (Å²) in [5.41, 5.74) is 6.08. The molecule has 8 heteroatoms. The van der Waals surface area contributed by atoms with E-state index in [9.17, 15) is 4.39 Å². The Morgan fingerprint density at radius 2 is 1.69 bits per heavy atom. The quantitative estimate of drug-likeness (QED) is 0.309. The minimum absolute atomic E-state index is 0.322. The van der Waals surface area contributed by atoms with Gasteiger partial charge in [0.1, 0.15) is 17.3 Å². The molecular formula is C28H22F2N6. The number of hydrogen-bond donors (Lipinski definition) is 2. The highest BCUT2D eigenvalue weighted by atomic mass is 19.1. The smallest absolute Gasteiger partial charge is 0.142 e. The lowest BCUT2D eigenvalue weighted by molar-refractivity contribution is 0.402. The number of fused-ring (bicyclic) bond motifs is 2. The van der Waals surface area contributed by atoms with E-state index in [1.807, 2.05) is 43.3 Å². The molecular weight excluding hydrogens is 458 g/mol. The number of aromatic amines is 2. The molecule has 0 atom stereocenters. The standard InChI is InChI=1S/C28H22F2N6/c1-36(2)15-16-8-18(12-31-11-16)20-6-7-23-26(27(20)30)28(35-34-23)24-10-21-22(13-32-14-25(21)33-24)17-4-3-5-19(29)9-17/h3-14,33H,15H2,1-2H3,(H,34,35). The molecule has 0 aliphatic carbocycles. The summed E-state index contributed by atoms with van der Waals surface area (Å²) in [6.07, 6.45) is 6.85. The molecule has 0 spiro atoms. The van der Waals surface area contributed by atoms with Crippen LogP contribution in [0.4, 0.5) is 8.78 Å². The molecule has 6 aromatic rings. The topological polar surface area (TPSA) is 73.5 Å². The zero-order valence-corrected chi connectivity index (χ0v) is 19.7. The Hall–Kier alpha value is -4.43. The van der Waals surface area contributed by atoms with Crippen LogP contribution in [0.15, 0.2) is 73.3 Å². The number of pyridine rings is 2. The summed E-state index contributed by atoms with van der Waals surface area (Å²) in [4.78, 5) is 14.0. The summed E-state index contributed by atoms with van der Waals surface area (Å²) in [5.74, 6) is -0.695. The van der Waals surface area contributed by atoms with Crippen molar-refractivity contribution in [1.82, 2.24) is 30.0 Å². The SMILES string of the molecule is CN(C)Cc1cncc(-c2ccc3[nH]nc(-c4cc5c(-c6cccc(F)c6)cncc5[nH]4)c3c2F)c1. The third-order valence-electron chi connectivity index (χ3n) is 6.21. The first kappa shape index (κ1) is 22.1. The molecule has 0 saturated heterocycles. The van der Waals surface area contributed by atoms with Crippen LogP contribution < -0.4 is 0 Å². The van der Waals surface area contributed by atoms with E-state index in [0.717, 1.165) is 22.0 Å². The highest BCUT2D eigenvalue weighted by Gasteiger charge is 2.19. The molecule has 36 heavy (non-hydrogen) atoms. The van der Waals surface area contributed by atoms with E-state index in [1.165, 1.54) is 12.1 Å². The lowest BCUT2D eigenvalue weighted by atomic mass is 10.0. The molecule has 0 amide bonds. The predicted molar refractivity (Wildman–Crippen MR) is 137 cm³/mol. The maximum Gasteiger partial charge on any atom is 0.142 e. The summed E-state index contributed by atoms with van der Waals surface area (Å²) in [5, 5.41) is 8.61. The lowest BCUT2D eigenvalue weighted by Crippen LogP contribution is -2.10. The summed E-state index contributed by atoms with van der Waals surface area (Å²) < 4.78 is 29.9. The molecule has 0 aliphatic rings. The largest absolute Gasteiger partial charge is 0.352 e. The number of benzene rings is 2. The number of halogens is 2. The van der Waals surface area contributed by atoms with Gasteiger partial charge in [-0.2, -0.15) is 5.10 Å². The first-order valence-electron chi connectivity index (χ1n) is 11.5. The number of rotatable bonds is 5. The van der Waals surface area contributed by atoms with E-state index >= 15 is 4.39 Å². The summed E-state index contributed by atoms with van der Waals surface area (Å²) in [6.45, 7) is 0.707. The average Bonchev–Trinajstić information content (AvgIpc) is 3.48. The Balaban J connectivity index is 1.49. The summed E-state index contributed by atoms with van der Waals surface area (Å²) >= 11 is 0. The van der Waals surface area contributed by atoms with Gasteiger partial charge in [-0.15, -0.1) is 0 Å². The van der Waals surface area contributed by atoms with Crippen LogP contribution in [0, 0.1) is 11.6 Å². The number of nitrogens with zero attached hydrogens (tertiary/aromatic N) is 4. The number of H-pyrrole nitrogens is 2. The Bertz CT molecular complexity index is 1730. The van der Waals surface area contributed by atoms with Crippen LogP contribution in [0.5, 0.6) is 0 Å². The predicted octanol–water partition coefficient (Wildman–Crippen LogP) is 6.18. The molecule has 2 N–H and O–H groups in total. The van der Waals surface area contributed by atoms with Crippen molar-refractivity contribution in [1.29, 1.82) is 0 Å². The van der Waals surface area contributed by atoms with Crippen molar-refractivity contribution in [3.8, 4) is 33.6 Å². The zero-order chi connectivity index (χ0) is 24.8. The van der Waals surface area contributed by atoms with Gasteiger partial charge >= 0.3 is 0 Å². The van der Waals surface area contributed by atoms with E-state index in [1.54, 1.807) is 36.9 Å². The fourth-order valence-electron chi connectivity index (χ4n) is 4.64. The number of hydrogen-bond acceptors (Lipinski definition) is 4. The van der Waals surface area contributed by atoms with E-state index < -0.39 is 0 Å². The van der Waals surface area contributed by atoms with Crippen LogP contribution >= 0.6 is 0 Å². The second-order valence-electron chi connectivity index (χ2n) is 9.08. The summed E-state index contributed by atoms with van der Waals surface area (Å²) in [6, 6.07) is 13.8. The Kier molecular flexibility index (Phi) is 5.30. The van der Waals surface area contributed by atoms with Gasteiger partial charge < -0.3 is 9.88 Å². The monoisotopic (exact) mass is 480 g/mol. The molecule has 0 fully saturated rings. The fourth-order valence-corrected chi connectivity index (χ4v) is 4.64. The van der Waals surface area contributed by atoms with E-state index in [0.29, 0.717) is 45.5 Å². The third-order valence-corrected chi connectivity index (χ3v) is 6.21. The molecule has 0 unspecified atom stereocenters. The van der Waals surface area contributed by atoms with Gasteiger partial charge in [0.15, 0.2) is 0 Å². The Morgan fingerprint density at radius 3 is 2.53 bits per heavy atom. The van der Waals surface area contributed by atoms with E-state index in [-0.39, 0.29) is 11.6 Å². The minimum atomic E-state index is -0.373. The van der Waals surface area contributed by atoms with Crippen LogP contribution in [-0.4, -0.2) is 44.1 Å². The van der Waals surface area contributed by atoms with Gasteiger partial charge in [-0.05, 0) is 61.6 Å². The molecule has 0 saturated carbocycles. The van der Waals surface area contributed by atoms with Crippen molar-refractivity contribution in [2.45, 2.75) is 6.54 Å². The molecule has 4 aromatic heterocycles. The van der Waals surface area contributed by atoms with Gasteiger partial charge in [-0.25, -0.2) is 8.78 Å². The first-order chi connectivity index (χ1) is 17.5. The highest BCUT2D eigenvalue weighted by molar-refractivity contribution is 6.01. The van der Waals surface area contributed by atoms with Crippen molar-refractivity contribution in [2.24, 2.45) is 0 Å². The molecule has 0 aliphatic heterocycles. The van der Waals surface area contributed by atoms with Crippen LogP contribution in [0.3, 0.4) is 0 Å². The van der Waals surface area contributed by atoms with Crippen LogP contribution in [-0.2, 0) is 6.54 Å². The van der Waals surface area contributed by atoms with Crippen LogP contribution in [0.1, 0.15) is 5.56 Å². The molecule has 178 valence electrons. The molecule has 0 radical (unpaired) electrons. The normalized spacial score (nSPS) is 11.7. The lowest BCUT2D eigenvalue weighted by Gasteiger charge is -2.11. The molecule has 6 rings (SSSR count). The van der Waals surface area contributed by atoms with Gasteiger partial charge in [0.05, 0.1) is 28.3 Å². The minimum Gasteiger partial charge on any atom is -0.352 e. The van der Waals surface area contributed by atoms with Gasteiger partial charge in [0.25, 0.3) is 0 Å². The second kappa shape index (κ2) is 8.66. The molecule has 0 bridgehead atoms. The maximum absolute atomic E-state index is 16.0. The summed E-state index contributed by atoms with van der Waals surface area (Å²) in [7, 11) is 3.96. The number of aromatic nitrogens is 5. The molecule has 4 heterocycles. The third kappa shape index (κ3) is 3.81. The van der Waals surface area contributed by atoms with Gasteiger partial charge in [-0.3, -0.25) is 15.1 Å². The Labute approximate surface area is 205 Å². The second-order valence-corrected chi connectivity index (χ2v) is 9.08. The maximum atomic E-state index is 16.0. The van der Waals surface area contributed by atoms with Crippen molar-refractivity contribution in [3.05, 3.63) is 90.5 Å².